The van der Waals surface area contributed by atoms with E-state index in [4.69, 9.17) is 28.4 Å². The lowest BCUT2D eigenvalue weighted by Crippen LogP contribution is -2.81. The van der Waals surface area contributed by atoms with Gasteiger partial charge in [0.25, 0.3) is 0 Å². The van der Waals surface area contributed by atoms with Crippen molar-refractivity contribution in [1.29, 1.82) is 0 Å². The van der Waals surface area contributed by atoms with Crippen LogP contribution >= 0.6 is 0 Å². The number of allylic oxidation sites excluding steroid dienone is 12. The number of esters is 4. The number of alkyl carbamates (subject to hydrolysis) is 1. The van der Waals surface area contributed by atoms with E-state index in [1.165, 1.54) is 26.0 Å². The molecular formula is C65H83NO15. The van der Waals surface area contributed by atoms with Crippen molar-refractivity contribution in [1.82, 2.24) is 5.32 Å². The van der Waals surface area contributed by atoms with E-state index in [0.717, 1.165) is 39.0 Å². The molecule has 0 aromatic heterocycles. The summed E-state index contributed by atoms with van der Waals surface area (Å²) in [7, 11) is 0. The molecule has 4 N–H and O–H groups in total. The third-order valence-electron chi connectivity index (χ3n) is 15.9. The normalized spacial score (nSPS) is 28.0. The number of fused-ring (bicyclic) bond motifs is 5. The van der Waals surface area contributed by atoms with Crippen molar-refractivity contribution in [2.24, 2.45) is 16.7 Å². The summed E-state index contributed by atoms with van der Waals surface area (Å²) in [6.45, 7) is 14.0. The Kier molecular flexibility index (Phi) is 21.8. The second-order valence-corrected chi connectivity index (χ2v) is 23.0. The topological polar surface area (TPSA) is 231 Å². The zero-order valence-corrected chi connectivity index (χ0v) is 48.3. The molecule has 4 aliphatic rings. The number of amides is 1. The lowest BCUT2D eigenvalue weighted by Gasteiger charge is -2.67. The first-order valence-electron chi connectivity index (χ1n) is 28.2. The first-order valence-corrected chi connectivity index (χ1v) is 28.2. The number of ether oxygens (including phenoxy) is 6. The van der Waals surface area contributed by atoms with E-state index >= 15 is 9.59 Å². The summed E-state index contributed by atoms with van der Waals surface area (Å²) in [4.78, 5) is 85.6. The molecule has 0 unspecified atom stereocenters. The van der Waals surface area contributed by atoms with Crippen LogP contribution in [0.15, 0.2) is 145 Å². The van der Waals surface area contributed by atoms with Crippen LogP contribution in [0, 0.1) is 16.7 Å². The number of benzene rings is 2. The van der Waals surface area contributed by atoms with Crippen LogP contribution in [-0.2, 0) is 47.6 Å². The first kappa shape index (κ1) is 63.5. The van der Waals surface area contributed by atoms with Gasteiger partial charge in [-0.1, -0.05) is 142 Å². The highest BCUT2D eigenvalue weighted by atomic mass is 16.6. The monoisotopic (exact) mass is 1120 g/mol. The number of rotatable bonds is 23. The minimum atomic E-state index is -2.42. The van der Waals surface area contributed by atoms with E-state index in [9.17, 15) is 34.5 Å². The van der Waals surface area contributed by atoms with Crippen molar-refractivity contribution < 1.29 is 72.5 Å². The molecule has 16 nitrogen and oxygen atoms in total. The van der Waals surface area contributed by atoms with Crippen LogP contribution in [0.3, 0.4) is 0 Å². The van der Waals surface area contributed by atoms with Crippen LogP contribution < -0.4 is 5.32 Å². The number of hydrogen-bond acceptors (Lipinski definition) is 15. The standard InChI is InChI=1S/C65H83NO15/c1-10-11-12-13-14-15-16-17-18-19-20-21-22-23-24-25-26-27-34-39-50(69)78-54(52(45-35-30-28-31-36-45)66-60(74)81-61(4,5)6)59(73)77-47-41-65(75)57(79-58(72)46-37-32-29-33-38-46)55-63(9,56(71)53(70)51(43(47)2)62(65,7)8)48(68)40-49-64(55,42-76-49)80-44(3)67/h11-12,14-15,17-18,20-21,23-24,26-33,35-38,47-49,52-55,57,68,70,75H,10,13,16,19,22,25,34,39-42H2,1-9H3,(H,66,74)/b12-11-,15-14-,18-17-,21-20-,24-23-,27-26-/t47-,48-,49+,52-,53+,54+,55-,57-,63+,64-,65+/m0/s1. The molecule has 1 heterocycles. The summed E-state index contributed by atoms with van der Waals surface area (Å²) in [5.74, 6) is -6.23. The highest BCUT2D eigenvalue weighted by molar-refractivity contribution is 5.94. The predicted molar refractivity (Wildman–Crippen MR) is 305 cm³/mol. The van der Waals surface area contributed by atoms with E-state index in [1.807, 2.05) is 18.2 Å². The van der Waals surface area contributed by atoms with Gasteiger partial charge in [0.05, 0.1) is 29.6 Å². The third kappa shape index (κ3) is 14.9. The molecule has 1 saturated heterocycles. The van der Waals surface area contributed by atoms with E-state index in [-0.39, 0.29) is 42.6 Å². The molecule has 2 saturated carbocycles. The Morgan fingerprint density at radius 3 is 1.85 bits per heavy atom. The average molecular weight is 1120 g/mol. The Bertz CT molecular complexity index is 2750. The third-order valence-corrected chi connectivity index (χ3v) is 15.9. The number of nitrogens with one attached hydrogen (secondary N) is 1. The largest absolute Gasteiger partial charge is 0.455 e. The van der Waals surface area contributed by atoms with E-state index in [0.29, 0.717) is 12.0 Å². The van der Waals surface area contributed by atoms with Gasteiger partial charge in [0.15, 0.2) is 11.4 Å². The Morgan fingerprint density at radius 1 is 0.790 bits per heavy atom. The number of ketones is 1. The summed E-state index contributed by atoms with van der Waals surface area (Å²) < 4.78 is 36.5. The Hall–Kier alpha value is -6.72. The number of aliphatic hydroxyl groups is 3. The zero-order chi connectivity index (χ0) is 59.2. The molecule has 16 heteroatoms. The number of carbonyl (C=O) groups excluding carboxylic acids is 6. The lowest BCUT2D eigenvalue weighted by molar-refractivity contribution is -0.346. The summed E-state index contributed by atoms with van der Waals surface area (Å²) in [5.41, 5.74) is -8.49. The minimum absolute atomic E-state index is 0.0639. The first-order chi connectivity index (χ1) is 38.4. The second-order valence-electron chi connectivity index (χ2n) is 23.0. The molecule has 3 aliphatic carbocycles. The van der Waals surface area contributed by atoms with E-state index in [2.05, 4.69) is 66.9 Å². The molecule has 81 heavy (non-hydrogen) atoms. The van der Waals surface area contributed by atoms with Gasteiger partial charge >= 0.3 is 30.0 Å². The van der Waals surface area contributed by atoms with Gasteiger partial charge in [-0.05, 0) is 108 Å². The van der Waals surface area contributed by atoms with Gasteiger partial charge in [-0.2, -0.15) is 0 Å². The van der Waals surface area contributed by atoms with Crippen molar-refractivity contribution >= 4 is 35.8 Å². The fraction of sp³-hybridized carbons (Fsp3) is 0.508. The molecule has 3 fully saturated rings. The quantitative estimate of drug-likeness (QED) is 0.0461. The van der Waals surface area contributed by atoms with Crippen LogP contribution in [-0.4, -0.2) is 111 Å². The minimum Gasteiger partial charge on any atom is -0.455 e. The van der Waals surface area contributed by atoms with Gasteiger partial charge in [-0.25, -0.2) is 14.4 Å². The van der Waals surface area contributed by atoms with Crippen LogP contribution in [0.1, 0.15) is 148 Å². The van der Waals surface area contributed by atoms with Gasteiger partial charge < -0.3 is 49.1 Å². The maximum absolute atomic E-state index is 15.3. The van der Waals surface area contributed by atoms with Gasteiger partial charge in [0, 0.05) is 31.6 Å². The van der Waals surface area contributed by atoms with Crippen molar-refractivity contribution in [3.8, 4) is 0 Å². The molecule has 11 atom stereocenters. The van der Waals surface area contributed by atoms with Gasteiger partial charge in [-0.15, -0.1) is 0 Å². The van der Waals surface area contributed by atoms with Crippen LogP contribution in [0.5, 0.6) is 0 Å². The number of hydrogen-bond donors (Lipinski definition) is 4. The fourth-order valence-electron chi connectivity index (χ4n) is 11.7. The summed E-state index contributed by atoms with van der Waals surface area (Å²) in [6, 6.07) is 14.7. The molecule has 1 aliphatic heterocycles. The molecule has 2 aromatic carbocycles. The van der Waals surface area contributed by atoms with E-state index < -0.39 is 118 Å². The molecule has 6 rings (SSSR count). The highest BCUT2D eigenvalue weighted by Gasteiger charge is 2.78. The number of aliphatic hydroxyl groups excluding tert-OH is 2. The molecule has 2 aromatic rings. The summed E-state index contributed by atoms with van der Waals surface area (Å²) in [6.07, 6.45) is 18.4. The maximum Gasteiger partial charge on any atom is 0.408 e. The average Bonchev–Trinajstić information content (AvgIpc) is 1.14. The predicted octanol–water partition coefficient (Wildman–Crippen LogP) is 10.3. The molecule has 2 bridgehead atoms. The summed E-state index contributed by atoms with van der Waals surface area (Å²) >= 11 is 0. The molecule has 1 amide bonds. The molecule has 0 radical (unpaired) electrons. The molecule has 438 valence electrons. The van der Waals surface area contributed by atoms with Crippen molar-refractivity contribution in [3.63, 3.8) is 0 Å². The SMILES string of the molecule is CC/C=C\C/C=C\C/C=C\C/C=C\C/C=C\C/C=C\CCC(=O)O[C@@H](C(=O)O[C@H]1C[C@@]2(O)[C@@H](OC(=O)c3ccccc3)[C@@H]3[C@]4(OC(C)=O)CO[C@@H]4C[C@H](O)[C@@]3(C)C(=O)[C@H](O)C(=C1C)C2(C)C)[C@@H](NC(=O)OC(C)(C)C)c1ccccc1. The zero-order valence-electron chi connectivity index (χ0n) is 48.3. The Morgan fingerprint density at radius 2 is 1.33 bits per heavy atom. The Balaban J connectivity index is 1.30. The number of Topliss-reactive ketones (excluding diaryl/α,β-unsaturated/α-hetero) is 1. The summed E-state index contributed by atoms with van der Waals surface area (Å²) in [5, 5.41) is 41.1. The molecule has 0 spiro atoms. The van der Waals surface area contributed by atoms with E-state index in [1.54, 1.807) is 83.1 Å². The van der Waals surface area contributed by atoms with Gasteiger partial charge in [0.1, 0.15) is 41.7 Å². The van der Waals surface area contributed by atoms with Gasteiger partial charge in [0.2, 0.25) is 6.10 Å². The number of carbonyl (C=O) groups is 6. The smallest absolute Gasteiger partial charge is 0.408 e. The van der Waals surface area contributed by atoms with Crippen molar-refractivity contribution in [3.05, 3.63) is 156 Å². The van der Waals surface area contributed by atoms with Crippen molar-refractivity contribution in [2.45, 2.75) is 186 Å². The van der Waals surface area contributed by atoms with Crippen LogP contribution in [0.4, 0.5) is 4.79 Å². The molecular weight excluding hydrogens is 1030 g/mol. The Labute approximate surface area is 477 Å². The van der Waals surface area contributed by atoms with Crippen molar-refractivity contribution in [2.75, 3.05) is 6.61 Å². The van der Waals surface area contributed by atoms with Crippen LogP contribution in [0.2, 0.25) is 0 Å². The fourth-order valence-corrected chi connectivity index (χ4v) is 11.7. The lowest BCUT2D eigenvalue weighted by atomic mass is 9.44. The van der Waals surface area contributed by atoms with Crippen LogP contribution in [0.25, 0.3) is 0 Å². The maximum atomic E-state index is 15.3. The van der Waals surface area contributed by atoms with Gasteiger partial charge in [-0.3, -0.25) is 14.4 Å². The highest BCUT2D eigenvalue weighted by Crippen LogP contribution is 2.64. The second kappa shape index (κ2) is 27.8.